The zero-order valence-corrected chi connectivity index (χ0v) is 19.4. The van der Waals surface area contributed by atoms with Crippen molar-refractivity contribution in [1.29, 1.82) is 0 Å². The number of nitrogens with one attached hydrogen (secondary N) is 1. The summed E-state index contributed by atoms with van der Waals surface area (Å²) in [5.74, 6) is -3.68. The zero-order valence-electron chi connectivity index (χ0n) is 18.6. The molecule has 2 unspecified atom stereocenters. The molecule has 0 saturated heterocycles. The van der Waals surface area contributed by atoms with E-state index in [1.165, 1.54) is 19.1 Å². The Morgan fingerprint density at radius 1 is 0.969 bits per heavy atom. The van der Waals surface area contributed by atoms with E-state index in [2.05, 4.69) is 19.2 Å². The van der Waals surface area contributed by atoms with E-state index < -0.39 is 29.2 Å². The molecule has 0 aromatic heterocycles. The number of carbonyl (C=O) groups is 4. The summed E-state index contributed by atoms with van der Waals surface area (Å²) >= 11 is 6.28. The Morgan fingerprint density at radius 3 is 2.16 bits per heavy atom. The first kappa shape index (κ1) is 23.6. The molecular formula is C26H26ClNO4. The highest BCUT2D eigenvalue weighted by Crippen LogP contribution is 2.35. The predicted octanol–water partition coefficient (Wildman–Crippen LogP) is 5.48. The lowest BCUT2D eigenvalue weighted by molar-refractivity contribution is -0.128. The molecule has 2 aromatic carbocycles. The van der Waals surface area contributed by atoms with Crippen molar-refractivity contribution >= 4 is 40.5 Å². The van der Waals surface area contributed by atoms with E-state index in [9.17, 15) is 19.2 Å². The summed E-state index contributed by atoms with van der Waals surface area (Å²) in [6, 6.07) is 12.1. The third-order valence-electron chi connectivity index (χ3n) is 6.01. The predicted molar refractivity (Wildman–Crippen MR) is 125 cm³/mol. The van der Waals surface area contributed by atoms with Gasteiger partial charge in [0, 0.05) is 22.4 Å². The van der Waals surface area contributed by atoms with Crippen molar-refractivity contribution in [1.82, 2.24) is 0 Å². The van der Waals surface area contributed by atoms with Crippen LogP contribution in [0.5, 0.6) is 0 Å². The van der Waals surface area contributed by atoms with Crippen LogP contribution < -0.4 is 5.32 Å². The van der Waals surface area contributed by atoms with Crippen LogP contribution >= 0.6 is 11.6 Å². The second kappa shape index (κ2) is 9.61. The Morgan fingerprint density at radius 2 is 1.59 bits per heavy atom. The minimum absolute atomic E-state index is 0.144. The molecule has 0 spiro atoms. The van der Waals surface area contributed by atoms with Gasteiger partial charge in [0.1, 0.15) is 11.7 Å². The zero-order chi connectivity index (χ0) is 23.6. The van der Waals surface area contributed by atoms with Gasteiger partial charge in [0.2, 0.25) is 11.7 Å². The molecular weight excluding hydrogens is 426 g/mol. The average molecular weight is 452 g/mol. The molecule has 3 rings (SSSR count). The summed E-state index contributed by atoms with van der Waals surface area (Å²) in [5.41, 5.74) is 2.58. The number of halogens is 1. The van der Waals surface area contributed by atoms with E-state index in [0.29, 0.717) is 12.1 Å². The number of benzene rings is 2. The van der Waals surface area contributed by atoms with Gasteiger partial charge in [0.25, 0.3) is 0 Å². The molecule has 1 aliphatic carbocycles. The SMILES string of the molecule is CCc1cccc(C(C)CC)c1NC(=O)C(C(C)=O)C1=C(Cl)C(=O)c2ccccc2C1=O. The van der Waals surface area contributed by atoms with Crippen molar-refractivity contribution in [3.05, 3.63) is 75.3 Å². The lowest BCUT2D eigenvalue weighted by Crippen LogP contribution is -2.36. The lowest BCUT2D eigenvalue weighted by Gasteiger charge is -2.24. The van der Waals surface area contributed by atoms with E-state index in [1.807, 2.05) is 25.1 Å². The molecule has 2 aromatic rings. The fraction of sp³-hybridized carbons (Fsp3) is 0.308. The summed E-state index contributed by atoms with van der Waals surface area (Å²) in [6.07, 6.45) is 1.55. The fourth-order valence-electron chi connectivity index (χ4n) is 4.03. The Kier molecular flexibility index (Phi) is 7.09. The lowest BCUT2D eigenvalue weighted by atomic mass is 9.81. The number of rotatable bonds is 7. The summed E-state index contributed by atoms with van der Waals surface area (Å²) in [4.78, 5) is 52.0. The number of carbonyl (C=O) groups excluding carboxylic acids is 4. The molecule has 1 amide bonds. The number of hydrogen-bond acceptors (Lipinski definition) is 4. The van der Waals surface area contributed by atoms with E-state index in [-0.39, 0.29) is 27.7 Å². The fourth-order valence-corrected chi connectivity index (χ4v) is 4.33. The highest BCUT2D eigenvalue weighted by Gasteiger charge is 2.40. The van der Waals surface area contributed by atoms with Gasteiger partial charge in [-0.1, -0.05) is 74.8 Å². The largest absolute Gasteiger partial charge is 0.325 e. The van der Waals surface area contributed by atoms with E-state index in [1.54, 1.807) is 12.1 Å². The second-order valence-corrected chi connectivity index (χ2v) is 8.39. The summed E-state index contributed by atoms with van der Waals surface area (Å²) < 4.78 is 0. The normalized spacial score (nSPS) is 15.3. The standard InChI is InChI=1S/C26H26ClNO4/c1-5-14(3)17-13-9-10-16(6-2)23(17)28-26(32)20(15(4)29)21-22(27)25(31)19-12-8-7-11-18(19)24(21)30/h7-14,20H,5-6H2,1-4H3,(H,28,32). The van der Waals surface area contributed by atoms with E-state index in [0.717, 1.165) is 17.5 Å². The number of ketones is 3. The summed E-state index contributed by atoms with van der Waals surface area (Å²) in [5, 5.41) is 2.51. The van der Waals surface area contributed by atoms with Crippen molar-refractivity contribution in [2.45, 2.75) is 46.5 Å². The van der Waals surface area contributed by atoms with Crippen LogP contribution in [0, 0.1) is 5.92 Å². The molecule has 0 aliphatic heterocycles. The number of allylic oxidation sites excluding steroid dienone is 1. The third-order valence-corrected chi connectivity index (χ3v) is 6.38. The van der Waals surface area contributed by atoms with Crippen LogP contribution in [0.4, 0.5) is 5.69 Å². The van der Waals surface area contributed by atoms with Crippen LogP contribution in [-0.4, -0.2) is 23.3 Å². The third kappa shape index (κ3) is 4.17. The van der Waals surface area contributed by atoms with Gasteiger partial charge >= 0.3 is 0 Å². The van der Waals surface area contributed by atoms with Gasteiger partial charge in [-0.3, -0.25) is 19.2 Å². The van der Waals surface area contributed by atoms with Crippen molar-refractivity contribution < 1.29 is 19.2 Å². The number of hydrogen-bond donors (Lipinski definition) is 1. The van der Waals surface area contributed by atoms with Crippen LogP contribution in [0.25, 0.3) is 0 Å². The quantitative estimate of drug-likeness (QED) is 0.565. The van der Waals surface area contributed by atoms with Crippen LogP contribution in [-0.2, 0) is 16.0 Å². The first-order chi connectivity index (χ1) is 15.2. The van der Waals surface area contributed by atoms with Gasteiger partial charge in [-0.25, -0.2) is 0 Å². The topological polar surface area (TPSA) is 80.3 Å². The van der Waals surface area contributed by atoms with Crippen molar-refractivity contribution in [2.75, 3.05) is 5.32 Å². The molecule has 32 heavy (non-hydrogen) atoms. The Labute approximate surface area is 192 Å². The molecule has 0 heterocycles. The molecule has 6 heteroatoms. The average Bonchev–Trinajstić information content (AvgIpc) is 2.79. The Balaban J connectivity index is 2.08. The van der Waals surface area contributed by atoms with Crippen molar-refractivity contribution in [3.63, 3.8) is 0 Å². The van der Waals surface area contributed by atoms with Gasteiger partial charge in [0.05, 0.1) is 5.03 Å². The second-order valence-electron chi connectivity index (χ2n) is 8.01. The Hall–Kier alpha value is -3.05. The number of para-hydroxylation sites is 1. The highest BCUT2D eigenvalue weighted by molar-refractivity contribution is 6.50. The molecule has 1 N–H and O–H groups in total. The number of fused-ring (bicyclic) bond motifs is 1. The minimum Gasteiger partial charge on any atom is -0.325 e. The van der Waals surface area contributed by atoms with Crippen LogP contribution in [0.15, 0.2) is 53.1 Å². The van der Waals surface area contributed by atoms with Gasteiger partial charge in [0.15, 0.2) is 5.78 Å². The van der Waals surface area contributed by atoms with Crippen LogP contribution in [0.2, 0.25) is 0 Å². The summed E-state index contributed by atoms with van der Waals surface area (Å²) in [7, 11) is 0. The molecule has 0 fully saturated rings. The van der Waals surface area contributed by atoms with Crippen LogP contribution in [0.3, 0.4) is 0 Å². The van der Waals surface area contributed by atoms with Crippen molar-refractivity contribution in [2.24, 2.45) is 5.92 Å². The molecule has 0 radical (unpaired) electrons. The molecule has 5 nitrogen and oxygen atoms in total. The number of anilines is 1. The van der Waals surface area contributed by atoms with Crippen molar-refractivity contribution in [3.8, 4) is 0 Å². The first-order valence-corrected chi connectivity index (χ1v) is 11.1. The smallest absolute Gasteiger partial charge is 0.239 e. The maximum absolute atomic E-state index is 13.4. The van der Waals surface area contributed by atoms with Gasteiger partial charge in [-0.05, 0) is 36.8 Å². The van der Waals surface area contributed by atoms with E-state index >= 15 is 0 Å². The van der Waals surface area contributed by atoms with E-state index in [4.69, 9.17) is 11.6 Å². The maximum atomic E-state index is 13.4. The maximum Gasteiger partial charge on any atom is 0.239 e. The van der Waals surface area contributed by atoms with Gasteiger partial charge < -0.3 is 5.32 Å². The molecule has 2 atom stereocenters. The highest BCUT2D eigenvalue weighted by atomic mass is 35.5. The van der Waals surface area contributed by atoms with Gasteiger partial charge in [-0.2, -0.15) is 0 Å². The minimum atomic E-state index is -1.48. The molecule has 0 saturated carbocycles. The molecule has 166 valence electrons. The first-order valence-electron chi connectivity index (χ1n) is 10.7. The monoisotopic (exact) mass is 451 g/mol. The molecule has 0 bridgehead atoms. The van der Waals surface area contributed by atoms with Gasteiger partial charge in [-0.15, -0.1) is 0 Å². The number of amides is 1. The Bertz CT molecular complexity index is 1150. The number of aryl methyl sites for hydroxylation is 1. The molecule has 1 aliphatic rings. The van der Waals surface area contributed by atoms with Crippen LogP contribution in [0.1, 0.15) is 71.9 Å². The number of Topliss-reactive ketones (excluding diaryl/α,β-unsaturated/α-hetero) is 3. The summed E-state index contributed by atoms with van der Waals surface area (Å²) in [6.45, 7) is 7.32.